The number of nitrogens with zero attached hydrogens (tertiary/aromatic N) is 1. The van der Waals surface area contributed by atoms with Crippen LogP contribution in [0.15, 0.2) is 29.4 Å². The first-order valence-electron chi connectivity index (χ1n) is 7.27. The summed E-state index contributed by atoms with van der Waals surface area (Å²) in [4.78, 5) is 12.0. The highest BCUT2D eigenvalue weighted by atomic mass is 16.5. The van der Waals surface area contributed by atoms with Crippen molar-refractivity contribution in [2.75, 3.05) is 0 Å². The molecule has 0 radical (unpaired) electrons. The summed E-state index contributed by atoms with van der Waals surface area (Å²) < 4.78 is 5.54. The van der Waals surface area contributed by atoms with Gasteiger partial charge in [0.2, 0.25) is 0 Å². The Morgan fingerprint density at radius 3 is 2.40 bits per heavy atom. The zero-order valence-electron chi connectivity index (χ0n) is 12.2. The summed E-state index contributed by atoms with van der Waals surface area (Å²) in [5.74, 6) is 0.606. The van der Waals surface area contributed by atoms with Crippen molar-refractivity contribution in [3.05, 3.63) is 29.8 Å². The predicted molar refractivity (Wildman–Crippen MR) is 80.2 cm³/mol. The topological polar surface area (TPSA) is 50.7 Å². The van der Waals surface area contributed by atoms with Gasteiger partial charge in [-0.1, -0.05) is 6.42 Å². The number of nitrogens with one attached hydrogen (secondary N) is 1. The number of carbonyl (C=O) groups is 1. The maximum absolute atomic E-state index is 12.0. The first-order valence-corrected chi connectivity index (χ1v) is 7.27. The Balaban J connectivity index is 1.91. The van der Waals surface area contributed by atoms with Crippen molar-refractivity contribution in [2.45, 2.75) is 52.1 Å². The van der Waals surface area contributed by atoms with E-state index >= 15 is 0 Å². The first-order chi connectivity index (χ1) is 9.65. The minimum atomic E-state index is -0.167. The quantitative estimate of drug-likeness (QED) is 0.854. The van der Waals surface area contributed by atoms with Crippen LogP contribution in [0.4, 0.5) is 0 Å². The van der Waals surface area contributed by atoms with Gasteiger partial charge in [-0.2, -0.15) is 5.10 Å². The third-order valence-corrected chi connectivity index (χ3v) is 3.23. The molecule has 4 heteroatoms. The molecular weight excluding hydrogens is 252 g/mol. The van der Waals surface area contributed by atoms with Crippen LogP contribution in [0.1, 0.15) is 56.3 Å². The monoisotopic (exact) mass is 274 g/mol. The SMILES string of the molecule is CC(C)Oc1ccc(C(=O)NN=C2CCCCC2)cc1. The molecule has 1 aromatic rings. The van der Waals surface area contributed by atoms with Gasteiger partial charge in [0.15, 0.2) is 0 Å². The normalized spacial score (nSPS) is 15.1. The number of amides is 1. The van der Waals surface area contributed by atoms with Crippen molar-refractivity contribution in [1.29, 1.82) is 0 Å². The van der Waals surface area contributed by atoms with Gasteiger partial charge in [0.25, 0.3) is 5.91 Å². The van der Waals surface area contributed by atoms with Gasteiger partial charge < -0.3 is 4.74 Å². The Hall–Kier alpha value is -1.84. The average molecular weight is 274 g/mol. The van der Waals surface area contributed by atoms with E-state index in [1.807, 2.05) is 26.0 Å². The van der Waals surface area contributed by atoms with Crippen molar-refractivity contribution in [1.82, 2.24) is 5.43 Å². The van der Waals surface area contributed by atoms with E-state index in [0.717, 1.165) is 24.3 Å². The molecule has 1 saturated carbocycles. The highest BCUT2D eigenvalue weighted by Gasteiger charge is 2.09. The summed E-state index contributed by atoms with van der Waals surface area (Å²) in [5, 5.41) is 4.22. The Kier molecular flexibility index (Phi) is 5.16. The molecule has 0 aromatic heterocycles. The Morgan fingerprint density at radius 1 is 1.15 bits per heavy atom. The summed E-state index contributed by atoms with van der Waals surface area (Å²) in [6, 6.07) is 7.13. The molecule has 0 bridgehead atoms. The van der Waals surface area contributed by atoms with Crippen LogP contribution in [0, 0.1) is 0 Å². The Labute approximate surface area is 120 Å². The predicted octanol–water partition coefficient (Wildman–Crippen LogP) is 3.52. The number of hydrogen-bond donors (Lipinski definition) is 1. The molecule has 1 aliphatic carbocycles. The lowest BCUT2D eigenvalue weighted by Crippen LogP contribution is -2.20. The molecule has 1 amide bonds. The summed E-state index contributed by atoms with van der Waals surface area (Å²) in [6.45, 7) is 3.95. The molecule has 20 heavy (non-hydrogen) atoms. The van der Waals surface area contributed by atoms with Crippen LogP contribution in [0.5, 0.6) is 5.75 Å². The lowest BCUT2D eigenvalue weighted by molar-refractivity contribution is 0.0954. The fourth-order valence-corrected chi connectivity index (χ4v) is 2.22. The van der Waals surface area contributed by atoms with Gasteiger partial charge in [-0.05, 0) is 63.8 Å². The molecule has 1 aromatic carbocycles. The highest BCUT2D eigenvalue weighted by molar-refractivity contribution is 5.95. The lowest BCUT2D eigenvalue weighted by Gasteiger charge is -2.12. The molecule has 2 rings (SSSR count). The van der Waals surface area contributed by atoms with E-state index in [2.05, 4.69) is 10.5 Å². The highest BCUT2D eigenvalue weighted by Crippen LogP contribution is 2.15. The molecule has 4 nitrogen and oxygen atoms in total. The zero-order valence-corrected chi connectivity index (χ0v) is 12.2. The fraction of sp³-hybridized carbons (Fsp3) is 0.500. The number of hydrazone groups is 1. The van der Waals surface area contributed by atoms with E-state index in [1.54, 1.807) is 12.1 Å². The minimum absolute atomic E-state index is 0.132. The maximum atomic E-state index is 12.0. The number of hydrogen-bond acceptors (Lipinski definition) is 3. The van der Waals surface area contributed by atoms with Crippen molar-refractivity contribution < 1.29 is 9.53 Å². The molecule has 0 spiro atoms. The van der Waals surface area contributed by atoms with Crippen LogP contribution in [-0.2, 0) is 0 Å². The van der Waals surface area contributed by atoms with Crippen LogP contribution in [0.3, 0.4) is 0 Å². The van der Waals surface area contributed by atoms with E-state index in [0.29, 0.717) is 5.56 Å². The Bertz CT molecular complexity index is 470. The van der Waals surface area contributed by atoms with E-state index in [1.165, 1.54) is 19.3 Å². The molecular formula is C16H22N2O2. The van der Waals surface area contributed by atoms with E-state index in [-0.39, 0.29) is 12.0 Å². The maximum Gasteiger partial charge on any atom is 0.271 e. The van der Waals surface area contributed by atoms with Crippen LogP contribution in [0.2, 0.25) is 0 Å². The average Bonchev–Trinajstić information content (AvgIpc) is 2.46. The third-order valence-electron chi connectivity index (χ3n) is 3.23. The molecule has 0 aliphatic heterocycles. The van der Waals surface area contributed by atoms with Gasteiger partial charge in [-0.3, -0.25) is 4.79 Å². The van der Waals surface area contributed by atoms with Gasteiger partial charge in [0, 0.05) is 11.3 Å². The minimum Gasteiger partial charge on any atom is -0.491 e. The smallest absolute Gasteiger partial charge is 0.271 e. The van der Waals surface area contributed by atoms with E-state index in [4.69, 9.17) is 4.74 Å². The molecule has 108 valence electrons. The fourth-order valence-electron chi connectivity index (χ4n) is 2.22. The number of rotatable bonds is 4. The number of carbonyl (C=O) groups excluding carboxylic acids is 1. The number of ether oxygens (including phenoxy) is 1. The largest absolute Gasteiger partial charge is 0.491 e. The second kappa shape index (κ2) is 7.08. The third kappa shape index (κ3) is 4.37. The molecule has 1 aliphatic rings. The molecule has 1 fully saturated rings. The van der Waals surface area contributed by atoms with E-state index < -0.39 is 0 Å². The summed E-state index contributed by atoms with van der Waals surface area (Å²) in [7, 11) is 0. The van der Waals surface area contributed by atoms with Crippen molar-refractivity contribution in [2.24, 2.45) is 5.10 Å². The lowest BCUT2D eigenvalue weighted by atomic mass is 9.99. The van der Waals surface area contributed by atoms with Crippen LogP contribution >= 0.6 is 0 Å². The molecule has 0 heterocycles. The van der Waals surface area contributed by atoms with Crippen LogP contribution in [0.25, 0.3) is 0 Å². The van der Waals surface area contributed by atoms with Crippen molar-refractivity contribution >= 4 is 11.6 Å². The van der Waals surface area contributed by atoms with Gasteiger partial charge in [-0.25, -0.2) is 5.43 Å². The number of benzene rings is 1. The molecule has 0 atom stereocenters. The second-order valence-electron chi connectivity index (χ2n) is 5.37. The van der Waals surface area contributed by atoms with Crippen LogP contribution in [-0.4, -0.2) is 17.7 Å². The standard InChI is InChI=1S/C16H22N2O2/c1-12(2)20-15-10-8-13(9-11-15)16(19)18-17-14-6-4-3-5-7-14/h8-12H,3-7H2,1-2H3,(H,18,19). The van der Waals surface area contributed by atoms with Gasteiger partial charge >= 0.3 is 0 Å². The molecule has 0 saturated heterocycles. The summed E-state index contributed by atoms with van der Waals surface area (Å²) in [5.41, 5.74) is 4.34. The van der Waals surface area contributed by atoms with Gasteiger partial charge in [0.05, 0.1) is 6.10 Å². The Morgan fingerprint density at radius 2 is 1.80 bits per heavy atom. The van der Waals surface area contributed by atoms with Crippen molar-refractivity contribution in [3.8, 4) is 5.75 Å². The van der Waals surface area contributed by atoms with Crippen molar-refractivity contribution in [3.63, 3.8) is 0 Å². The molecule has 1 N–H and O–H groups in total. The van der Waals surface area contributed by atoms with E-state index in [9.17, 15) is 4.79 Å². The van der Waals surface area contributed by atoms with Crippen LogP contribution < -0.4 is 10.2 Å². The molecule has 0 unspecified atom stereocenters. The summed E-state index contributed by atoms with van der Waals surface area (Å²) in [6.07, 6.45) is 5.76. The first kappa shape index (κ1) is 14.6. The zero-order chi connectivity index (χ0) is 14.4. The summed E-state index contributed by atoms with van der Waals surface area (Å²) >= 11 is 0. The van der Waals surface area contributed by atoms with Gasteiger partial charge in [0.1, 0.15) is 5.75 Å². The second-order valence-corrected chi connectivity index (χ2v) is 5.37. The van der Waals surface area contributed by atoms with Gasteiger partial charge in [-0.15, -0.1) is 0 Å².